The smallest absolute Gasteiger partial charge is 0.254 e. The first-order valence-electron chi connectivity index (χ1n) is 5.31. The Balaban J connectivity index is 2.11. The Labute approximate surface area is 132 Å². The highest BCUT2D eigenvalue weighted by Crippen LogP contribution is 2.20. The van der Waals surface area contributed by atoms with Gasteiger partial charge in [0.2, 0.25) is 0 Å². The molecule has 1 amide bonds. The Kier molecular flexibility index (Phi) is 4.80. The minimum Gasteiger partial charge on any atom is -0.337 e. The largest absolute Gasteiger partial charge is 0.337 e. The summed E-state index contributed by atoms with van der Waals surface area (Å²) in [6, 6.07) is 9.87. The SMILES string of the molecule is CN(Cc1ccccc1Br)C(=O)c1csc(I)c1. The van der Waals surface area contributed by atoms with Crippen LogP contribution in [-0.4, -0.2) is 17.9 Å². The van der Waals surface area contributed by atoms with Crippen LogP contribution in [0.4, 0.5) is 0 Å². The van der Waals surface area contributed by atoms with E-state index in [1.807, 2.05) is 42.8 Å². The summed E-state index contributed by atoms with van der Waals surface area (Å²) in [5, 5.41) is 1.90. The first kappa shape index (κ1) is 14.0. The fraction of sp³-hybridized carbons (Fsp3) is 0.154. The van der Waals surface area contributed by atoms with E-state index in [9.17, 15) is 4.79 Å². The summed E-state index contributed by atoms with van der Waals surface area (Å²) in [5.74, 6) is 0.0601. The number of hydrogen-bond acceptors (Lipinski definition) is 2. The van der Waals surface area contributed by atoms with Gasteiger partial charge in [0.05, 0.1) is 8.45 Å². The van der Waals surface area contributed by atoms with Gasteiger partial charge in [0.1, 0.15) is 0 Å². The van der Waals surface area contributed by atoms with Crippen molar-refractivity contribution in [1.82, 2.24) is 4.90 Å². The van der Waals surface area contributed by atoms with E-state index in [4.69, 9.17) is 0 Å². The maximum absolute atomic E-state index is 12.2. The molecule has 5 heteroatoms. The predicted octanol–water partition coefficient (Wildman–Crippen LogP) is 4.39. The third kappa shape index (κ3) is 3.33. The Morgan fingerprint density at radius 3 is 2.78 bits per heavy atom. The lowest BCUT2D eigenvalue weighted by Gasteiger charge is -2.17. The fourth-order valence-electron chi connectivity index (χ4n) is 1.60. The van der Waals surface area contributed by atoms with Crippen molar-refractivity contribution in [3.8, 4) is 0 Å². The molecule has 0 bridgehead atoms. The summed E-state index contributed by atoms with van der Waals surface area (Å²) in [4.78, 5) is 13.9. The minimum atomic E-state index is 0.0601. The molecule has 1 aromatic carbocycles. The molecular formula is C13H11BrINOS. The number of rotatable bonds is 3. The van der Waals surface area contributed by atoms with Gasteiger partial charge in [-0.15, -0.1) is 11.3 Å². The van der Waals surface area contributed by atoms with Crippen LogP contribution in [0.5, 0.6) is 0 Å². The van der Waals surface area contributed by atoms with Gasteiger partial charge in [0.15, 0.2) is 0 Å². The molecule has 0 saturated carbocycles. The number of amides is 1. The Hall–Kier alpha value is -0.400. The van der Waals surface area contributed by atoms with Gasteiger partial charge in [-0.2, -0.15) is 0 Å². The molecule has 2 aromatic rings. The minimum absolute atomic E-state index is 0.0601. The van der Waals surface area contributed by atoms with Crippen LogP contribution in [-0.2, 0) is 6.54 Å². The van der Waals surface area contributed by atoms with Gasteiger partial charge in [-0.05, 0) is 40.3 Å². The number of hydrogen-bond donors (Lipinski definition) is 0. The molecule has 94 valence electrons. The third-order valence-electron chi connectivity index (χ3n) is 2.53. The summed E-state index contributed by atoms with van der Waals surface area (Å²) in [6.45, 7) is 0.604. The first-order valence-corrected chi connectivity index (χ1v) is 8.06. The lowest BCUT2D eigenvalue weighted by Crippen LogP contribution is -2.25. The molecule has 0 saturated heterocycles. The van der Waals surface area contributed by atoms with E-state index in [1.165, 1.54) is 0 Å². The van der Waals surface area contributed by atoms with Crippen molar-refractivity contribution in [3.05, 3.63) is 54.2 Å². The maximum Gasteiger partial charge on any atom is 0.254 e. The van der Waals surface area contributed by atoms with Crippen LogP contribution in [0, 0.1) is 2.88 Å². The summed E-state index contributed by atoms with van der Waals surface area (Å²) >= 11 is 7.31. The molecule has 18 heavy (non-hydrogen) atoms. The molecule has 0 fully saturated rings. The zero-order valence-electron chi connectivity index (χ0n) is 9.69. The molecule has 0 radical (unpaired) electrons. The van der Waals surface area contributed by atoms with Crippen molar-refractivity contribution in [2.45, 2.75) is 6.54 Å². The Morgan fingerprint density at radius 1 is 1.44 bits per heavy atom. The zero-order valence-corrected chi connectivity index (χ0v) is 14.3. The molecule has 0 unspecified atom stereocenters. The average molecular weight is 436 g/mol. The van der Waals surface area contributed by atoms with E-state index in [-0.39, 0.29) is 5.91 Å². The van der Waals surface area contributed by atoms with E-state index in [1.54, 1.807) is 16.2 Å². The second-order valence-electron chi connectivity index (χ2n) is 3.89. The average Bonchev–Trinajstić information content (AvgIpc) is 2.78. The van der Waals surface area contributed by atoms with Crippen LogP contribution in [0.2, 0.25) is 0 Å². The first-order chi connectivity index (χ1) is 8.58. The molecule has 0 N–H and O–H groups in total. The van der Waals surface area contributed by atoms with Crippen molar-refractivity contribution in [2.75, 3.05) is 7.05 Å². The van der Waals surface area contributed by atoms with Crippen LogP contribution in [0.15, 0.2) is 40.2 Å². The van der Waals surface area contributed by atoms with Gasteiger partial charge in [-0.3, -0.25) is 4.79 Å². The highest BCUT2D eigenvalue weighted by atomic mass is 127. The van der Waals surface area contributed by atoms with Crippen LogP contribution in [0.3, 0.4) is 0 Å². The van der Waals surface area contributed by atoms with Gasteiger partial charge in [-0.25, -0.2) is 0 Å². The highest BCUT2D eigenvalue weighted by molar-refractivity contribution is 14.1. The lowest BCUT2D eigenvalue weighted by atomic mass is 10.2. The summed E-state index contributed by atoms with van der Waals surface area (Å²) in [5.41, 5.74) is 1.87. The van der Waals surface area contributed by atoms with E-state index < -0.39 is 0 Å². The number of halogens is 2. The Morgan fingerprint density at radius 2 is 2.17 bits per heavy atom. The molecular weight excluding hydrogens is 425 g/mol. The van der Waals surface area contributed by atoms with Crippen molar-refractivity contribution in [2.24, 2.45) is 0 Å². The van der Waals surface area contributed by atoms with Gasteiger partial charge < -0.3 is 4.90 Å². The molecule has 0 aliphatic rings. The van der Waals surface area contributed by atoms with Crippen molar-refractivity contribution >= 4 is 55.8 Å². The third-order valence-corrected chi connectivity index (χ3v) is 5.09. The molecule has 0 atom stereocenters. The van der Waals surface area contributed by atoms with Gasteiger partial charge in [0, 0.05) is 23.4 Å². The summed E-state index contributed by atoms with van der Waals surface area (Å²) in [6.07, 6.45) is 0. The summed E-state index contributed by atoms with van der Waals surface area (Å²) in [7, 11) is 1.83. The zero-order chi connectivity index (χ0) is 13.1. The monoisotopic (exact) mass is 435 g/mol. The topological polar surface area (TPSA) is 20.3 Å². The molecule has 2 rings (SSSR count). The second-order valence-corrected chi connectivity index (χ2v) is 7.55. The van der Waals surface area contributed by atoms with Crippen LogP contribution in [0.1, 0.15) is 15.9 Å². The number of carbonyl (C=O) groups is 1. The van der Waals surface area contributed by atoms with Crippen molar-refractivity contribution in [1.29, 1.82) is 0 Å². The Bertz CT molecular complexity index is 570. The predicted molar refractivity (Wildman–Crippen MR) is 87.0 cm³/mol. The van der Waals surface area contributed by atoms with Gasteiger partial charge >= 0.3 is 0 Å². The van der Waals surface area contributed by atoms with Crippen LogP contribution < -0.4 is 0 Å². The van der Waals surface area contributed by atoms with E-state index in [2.05, 4.69) is 38.5 Å². The van der Waals surface area contributed by atoms with Gasteiger partial charge in [0.25, 0.3) is 5.91 Å². The molecule has 2 nitrogen and oxygen atoms in total. The molecule has 0 aliphatic carbocycles. The number of thiophene rings is 1. The molecule has 0 aliphatic heterocycles. The normalized spacial score (nSPS) is 10.4. The number of benzene rings is 1. The van der Waals surface area contributed by atoms with E-state index in [0.717, 1.165) is 18.5 Å². The number of carbonyl (C=O) groups excluding carboxylic acids is 1. The van der Waals surface area contributed by atoms with Crippen LogP contribution >= 0.6 is 49.9 Å². The fourth-order valence-corrected chi connectivity index (χ4v) is 3.33. The summed E-state index contributed by atoms with van der Waals surface area (Å²) < 4.78 is 2.16. The highest BCUT2D eigenvalue weighted by Gasteiger charge is 2.14. The van der Waals surface area contributed by atoms with Crippen molar-refractivity contribution < 1.29 is 4.79 Å². The standard InChI is InChI=1S/C13H11BrINOS/c1-16(7-9-4-2-3-5-11(9)14)13(17)10-6-12(15)18-8-10/h2-6,8H,7H2,1H3. The lowest BCUT2D eigenvalue weighted by molar-refractivity contribution is 0.0785. The van der Waals surface area contributed by atoms with Gasteiger partial charge in [-0.1, -0.05) is 34.1 Å². The molecule has 1 heterocycles. The van der Waals surface area contributed by atoms with Crippen LogP contribution in [0.25, 0.3) is 0 Å². The molecule has 1 aromatic heterocycles. The quantitative estimate of drug-likeness (QED) is 0.655. The second kappa shape index (κ2) is 6.16. The van der Waals surface area contributed by atoms with Crippen molar-refractivity contribution in [3.63, 3.8) is 0 Å². The van der Waals surface area contributed by atoms with E-state index in [0.29, 0.717) is 6.54 Å². The molecule has 0 spiro atoms. The number of nitrogens with zero attached hydrogens (tertiary/aromatic N) is 1. The van der Waals surface area contributed by atoms with E-state index >= 15 is 0 Å². The maximum atomic E-state index is 12.2.